The summed E-state index contributed by atoms with van der Waals surface area (Å²) in [5, 5.41) is 3.11. The maximum absolute atomic E-state index is 12.9. The first-order valence-corrected chi connectivity index (χ1v) is 11.1. The van der Waals surface area contributed by atoms with Crippen LogP contribution in [0.3, 0.4) is 0 Å². The zero-order valence-corrected chi connectivity index (χ0v) is 18.8. The van der Waals surface area contributed by atoms with E-state index in [2.05, 4.69) is 55.3 Å². The molecule has 1 aromatic heterocycles. The molecule has 1 fully saturated rings. The minimum atomic E-state index is -0.355. The van der Waals surface area contributed by atoms with Gasteiger partial charge in [-0.2, -0.15) is 0 Å². The fourth-order valence-electron chi connectivity index (χ4n) is 3.79. The topological polar surface area (TPSA) is 62.3 Å². The first-order chi connectivity index (χ1) is 13.7. The highest BCUT2D eigenvalue weighted by Gasteiger charge is 2.35. The molecule has 2 atom stereocenters. The number of hydrogen-bond acceptors (Lipinski definition) is 4. The lowest BCUT2D eigenvalue weighted by Gasteiger charge is -2.28. The van der Waals surface area contributed by atoms with Crippen molar-refractivity contribution in [2.24, 2.45) is 5.41 Å². The van der Waals surface area contributed by atoms with Gasteiger partial charge in [0.25, 0.3) is 0 Å². The second-order valence-electron chi connectivity index (χ2n) is 9.10. The molecular formula is C23H31N3O2S. The lowest BCUT2D eigenvalue weighted by Crippen LogP contribution is -2.47. The normalized spacial score (nSPS) is 18.0. The van der Waals surface area contributed by atoms with Crippen molar-refractivity contribution in [2.75, 3.05) is 6.54 Å². The molecule has 6 heteroatoms. The molecular weight excluding hydrogens is 382 g/mol. The van der Waals surface area contributed by atoms with Gasteiger partial charge in [-0.15, -0.1) is 11.3 Å². The minimum Gasteiger partial charge on any atom is -0.348 e. The molecule has 1 unspecified atom stereocenters. The number of amides is 2. The molecule has 0 radical (unpaired) electrons. The van der Waals surface area contributed by atoms with Crippen molar-refractivity contribution < 1.29 is 9.59 Å². The summed E-state index contributed by atoms with van der Waals surface area (Å²) in [5.41, 5.74) is 5.00. The maximum Gasteiger partial charge on any atom is 0.243 e. The average Bonchev–Trinajstić information content (AvgIpc) is 3.29. The van der Waals surface area contributed by atoms with Crippen molar-refractivity contribution in [1.82, 2.24) is 15.2 Å². The van der Waals surface area contributed by atoms with E-state index in [1.165, 1.54) is 4.88 Å². The van der Waals surface area contributed by atoms with E-state index in [1.807, 2.05) is 19.4 Å². The van der Waals surface area contributed by atoms with Gasteiger partial charge in [0.15, 0.2) is 0 Å². The number of carbonyl (C=O) groups excluding carboxylic acids is 2. The zero-order valence-electron chi connectivity index (χ0n) is 18.0. The highest BCUT2D eigenvalue weighted by Crippen LogP contribution is 2.29. The zero-order chi connectivity index (χ0) is 21.2. The van der Waals surface area contributed by atoms with Gasteiger partial charge >= 0.3 is 0 Å². The monoisotopic (exact) mass is 413 g/mol. The minimum absolute atomic E-state index is 0.0559. The molecule has 2 aromatic rings. The second kappa shape index (κ2) is 8.66. The van der Waals surface area contributed by atoms with E-state index in [0.717, 1.165) is 29.7 Å². The number of likely N-dealkylation sites (tertiary alicyclic amines) is 1. The standard InChI is InChI=1S/C23H31N3O2S/c1-15(17-8-10-18(11-9-17)21-16(2)24-14-29-21)25-22(28)19-7-6-12-26(19)20(27)13-23(3,4)5/h8-11,14-15,19H,6-7,12-13H2,1-5H3,(H,25,28)/t15-,19?/m0/s1. The van der Waals surface area contributed by atoms with E-state index < -0.39 is 0 Å². The van der Waals surface area contributed by atoms with Crippen molar-refractivity contribution in [3.8, 4) is 10.4 Å². The van der Waals surface area contributed by atoms with E-state index in [1.54, 1.807) is 16.2 Å². The van der Waals surface area contributed by atoms with Gasteiger partial charge in [-0.05, 0) is 43.2 Å². The quantitative estimate of drug-likeness (QED) is 0.771. The Bertz CT molecular complexity index is 867. The third-order valence-corrected chi connectivity index (χ3v) is 6.31. The molecule has 156 valence electrons. The molecule has 2 amide bonds. The molecule has 1 aliphatic heterocycles. The Hall–Kier alpha value is -2.21. The number of benzene rings is 1. The van der Waals surface area contributed by atoms with Crippen LogP contribution in [-0.2, 0) is 9.59 Å². The van der Waals surface area contributed by atoms with Crippen molar-refractivity contribution in [3.05, 3.63) is 41.0 Å². The van der Waals surface area contributed by atoms with Gasteiger partial charge in [0.05, 0.1) is 22.1 Å². The van der Waals surface area contributed by atoms with Crippen molar-refractivity contribution in [1.29, 1.82) is 0 Å². The van der Waals surface area contributed by atoms with Gasteiger partial charge in [0.1, 0.15) is 6.04 Å². The van der Waals surface area contributed by atoms with Crippen LogP contribution in [0, 0.1) is 12.3 Å². The molecule has 2 heterocycles. The smallest absolute Gasteiger partial charge is 0.243 e. The average molecular weight is 414 g/mol. The van der Waals surface area contributed by atoms with Crippen molar-refractivity contribution in [3.63, 3.8) is 0 Å². The fourth-order valence-corrected chi connectivity index (χ4v) is 4.60. The predicted octanol–water partition coefficient (Wildman–Crippen LogP) is 4.72. The van der Waals surface area contributed by atoms with Crippen molar-refractivity contribution in [2.45, 2.75) is 66.0 Å². The number of nitrogens with one attached hydrogen (secondary N) is 1. The van der Waals surface area contributed by atoms with Gasteiger partial charge in [-0.3, -0.25) is 9.59 Å². The number of aromatic nitrogens is 1. The summed E-state index contributed by atoms with van der Waals surface area (Å²) in [7, 11) is 0. The molecule has 1 N–H and O–H groups in total. The molecule has 1 saturated heterocycles. The van der Waals surface area contributed by atoms with Gasteiger partial charge < -0.3 is 10.2 Å². The third kappa shape index (κ3) is 5.24. The van der Waals surface area contributed by atoms with Crippen LogP contribution in [0.25, 0.3) is 10.4 Å². The van der Waals surface area contributed by atoms with Gasteiger partial charge in [-0.1, -0.05) is 45.0 Å². The third-order valence-electron chi connectivity index (χ3n) is 5.33. The number of nitrogens with zero attached hydrogens (tertiary/aromatic N) is 2. The number of rotatable bonds is 5. The largest absolute Gasteiger partial charge is 0.348 e. The van der Waals surface area contributed by atoms with E-state index in [0.29, 0.717) is 13.0 Å². The van der Waals surface area contributed by atoms with Crippen LogP contribution in [-0.4, -0.2) is 34.3 Å². The molecule has 5 nitrogen and oxygen atoms in total. The SMILES string of the molecule is Cc1ncsc1-c1ccc([C@H](C)NC(=O)C2CCCN2C(=O)CC(C)(C)C)cc1. The first kappa shape index (κ1) is 21.5. The van der Waals surface area contributed by atoms with Crippen molar-refractivity contribution >= 4 is 23.2 Å². The first-order valence-electron chi connectivity index (χ1n) is 10.3. The Morgan fingerprint density at radius 1 is 1.28 bits per heavy atom. The summed E-state index contributed by atoms with van der Waals surface area (Å²) in [4.78, 5) is 32.8. The summed E-state index contributed by atoms with van der Waals surface area (Å²) in [6, 6.07) is 7.79. The molecule has 3 rings (SSSR count). The number of aryl methyl sites for hydroxylation is 1. The Kier molecular flexibility index (Phi) is 6.42. The molecule has 0 saturated carbocycles. The maximum atomic E-state index is 12.9. The van der Waals surface area contributed by atoms with Crippen LogP contribution < -0.4 is 5.32 Å². The Labute approximate surface area is 177 Å². The van der Waals surface area contributed by atoms with E-state index in [-0.39, 0.29) is 29.3 Å². The highest BCUT2D eigenvalue weighted by molar-refractivity contribution is 7.13. The van der Waals surface area contributed by atoms with Gasteiger partial charge in [-0.25, -0.2) is 4.98 Å². The molecule has 0 bridgehead atoms. The van der Waals surface area contributed by atoms with E-state index in [9.17, 15) is 9.59 Å². The molecule has 29 heavy (non-hydrogen) atoms. The summed E-state index contributed by atoms with van der Waals surface area (Å²) in [6.45, 7) is 10.8. The number of carbonyl (C=O) groups is 2. The molecule has 0 aliphatic carbocycles. The second-order valence-corrected chi connectivity index (χ2v) is 9.96. The fraction of sp³-hybridized carbons (Fsp3) is 0.522. The Morgan fingerprint density at radius 3 is 2.55 bits per heavy atom. The van der Waals surface area contributed by atoms with Crippen LogP contribution in [0.15, 0.2) is 29.8 Å². The van der Waals surface area contributed by atoms with E-state index in [4.69, 9.17) is 0 Å². The Morgan fingerprint density at radius 2 is 1.97 bits per heavy atom. The summed E-state index contributed by atoms with van der Waals surface area (Å²) >= 11 is 1.63. The highest BCUT2D eigenvalue weighted by atomic mass is 32.1. The van der Waals surface area contributed by atoms with Gasteiger partial charge in [0, 0.05) is 13.0 Å². The van der Waals surface area contributed by atoms with Crippen LogP contribution in [0.2, 0.25) is 0 Å². The van der Waals surface area contributed by atoms with Crippen LogP contribution in [0.4, 0.5) is 0 Å². The van der Waals surface area contributed by atoms with Crippen LogP contribution in [0.5, 0.6) is 0 Å². The molecule has 0 spiro atoms. The lowest BCUT2D eigenvalue weighted by molar-refractivity contribution is -0.140. The molecule has 1 aliphatic rings. The lowest BCUT2D eigenvalue weighted by atomic mass is 9.91. The summed E-state index contributed by atoms with van der Waals surface area (Å²) in [5.74, 6) is 0.0201. The van der Waals surface area contributed by atoms with Crippen LogP contribution >= 0.6 is 11.3 Å². The van der Waals surface area contributed by atoms with Crippen LogP contribution in [0.1, 0.15) is 64.3 Å². The number of thiazole rings is 1. The van der Waals surface area contributed by atoms with Gasteiger partial charge in [0.2, 0.25) is 11.8 Å². The van der Waals surface area contributed by atoms with E-state index >= 15 is 0 Å². The summed E-state index contributed by atoms with van der Waals surface area (Å²) in [6.07, 6.45) is 2.08. The Balaban J connectivity index is 1.64. The summed E-state index contributed by atoms with van der Waals surface area (Å²) < 4.78 is 0. The molecule has 1 aromatic carbocycles. The number of hydrogen-bond donors (Lipinski definition) is 1. The predicted molar refractivity (Wildman–Crippen MR) is 118 cm³/mol.